The average molecular weight is 344 g/mol. The molecule has 1 aromatic heterocycles. The molecule has 0 atom stereocenters. The summed E-state index contributed by atoms with van der Waals surface area (Å²) in [7, 11) is 0. The van der Waals surface area contributed by atoms with Crippen LogP contribution in [0.5, 0.6) is 0 Å². The number of carbonyl (C=O) groups excluding carboxylic acids is 1. The lowest BCUT2D eigenvalue weighted by molar-refractivity contribution is -0.113. The first-order chi connectivity index (χ1) is 11.7. The number of nitrogens with zero attached hydrogens (tertiary/aromatic N) is 2. The number of hydrogen-bond acceptors (Lipinski definition) is 4. The molecule has 5 nitrogen and oxygen atoms in total. The number of H-pyrrole nitrogens is 1. The number of aryl methyl sites for hydroxylation is 1. The van der Waals surface area contributed by atoms with E-state index in [-0.39, 0.29) is 5.91 Å². The van der Waals surface area contributed by atoms with Crippen molar-refractivity contribution < 1.29 is 4.79 Å². The van der Waals surface area contributed by atoms with Crippen LogP contribution < -0.4 is 5.32 Å². The average Bonchev–Trinajstić information content (AvgIpc) is 3.26. The van der Waals surface area contributed by atoms with Gasteiger partial charge in [0.05, 0.1) is 5.75 Å². The van der Waals surface area contributed by atoms with Gasteiger partial charge in [0, 0.05) is 11.6 Å². The summed E-state index contributed by atoms with van der Waals surface area (Å²) < 4.78 is 0. The molecular formula is C18H24N4OS. The lowest BCUT2D eigenvalue weighted by atomic mass is 10.1. The molecule has 1 aliphatic rings. The Balaban J connectivity index is 1.46. The van der Waals surface area contributed by atoms with Gasteiger partial charge in [-0.2, -0.15) is 0 Å². The smallest absolute Gasteiger partial charge is 0.234 e. The van der Waals surface area contributed by atoms with Gasteiger partial charge in [-0.05, 0) is 37.0 Å². The molecule has 2 N–H and O–H groups in total. The Morgan fingerprint density at radius 1 is 1.29 bits per heavy atom. The minimum Gasteiger partial charge on any atom is -0.325 e. The molecule has 0 unspecified atom stereocenters. The third-order valence-corrected chi connectivity index (χ3v) is 5.18. The predicted molar refractivity (Wildman–Crippen MR) is 97.4 cm³/mol. The third kappa shape index (κ3) is 4.60. The van der Waals surface area contributed by atoms with Gasteiger partial charge in [-0.3, -0.25) is 9.89 Å². The fraction of sp³-hybridized carbons (Fsp3) is 0.500. The van der Waals surface area contributed by atoms with Crippen LogP contribution in [0.3, 0.4) is 0 Å². The zero-order chi connectivity index (χ0) is 16.8. The van der Waals surface area contributed by atoms with Crippen LogP contribution in [0.15, 0.2) is 29.4 Å². The van der Waals surface area contributed by atoms with Crippen LogP contribution in [-0.2, 0) is 11.2 Å². The summed E-state index contributed by atoms with van der Waals surface area (Å²) in [5.41, 5.74) is 2.13. The van der Waals surface area contributed by atoms with Gasteiger partial charge >= 0.3 is 0 Å². The Morgan fingerprint density at radius 3 is 2.75 bits per heavy atom. The molecule has 1 aromatic carbocycles. The van der Waals surface area contributed by atoms with Crippen molar-refractivity contribution in [2.24, 2.45) is 0 Å². The molecule has 0 spiro atoms. The van der Waals surface area contributed by atoms with E-state index in [9.17, 15) is 4.79 Å². The fourth-order valence-corrected chi connectivity index (χ4v) is 3.68. The number of aromatic amines is 1. The maximum atomic E-state index is 12.1. The summed E-state index contributed by atoms with van der Waals surface area (Å²) in [5, 5.41) is 10.8. The summed E-state index contributed by atoms with van der Waals surface area (Å²) in [6.45, 7) is 2.16. The summed E-state index contributed by atoms with van der Waals surface area (Å²) in [6.07, 6.45) is 7.11. The zero-order valence-electron chi connectivity index (χ0n) is 14.0. The number of aromatic nitrogens is 3. The van der Waals surface area contributed by atoms with Crippen molar-refractivity contribution >= 4 is 23.4 Å². The van der Waals surface area contributed by atoms with Crippen molar-refractivity contribution in [3.05, 3.63) is 35.7 Å². The molecule has 3 rings (SSSR count). The monoisotopic (exact) mass is 344 g/mol. The first-order valence-electron chi connectivity index (χ1n) is 8.68. The molecule has 1 saturated carbocycles. The highest BCUT2D eigenvalue weighted by Crippen LogP contribution is 2.32. The van der Waals surface area contributed by atoms with Crippen LogP contribution >= 0.6 is 11.8 Å². The summed E-state index contributed by atoms with van der Waals surface area (Å²) >= 11 is 1.37. The first-order valence-corrected chi connectivity index (χ1v) is 9.67. The molecule has 24 heavy (non-hydrogen) atoms. The van der Waals surface area contributed by atoms with Crippen molar-refractivity contribution in [1.29, 1.82) is 0 Å². The summed E-state index contributed by atoms with van der Waals surface area (Å²) in [5.74, 6) is 1.78. The maximum Gasteiger partial charge on any atom is 0.234 e. The number of thioether (sulfide) groups is 1. The SMILES string of the molecule is CCCc1ccc(NC(=O)CSc2n[nH]c(C3CCCC3)n2)cc1. The molecule has 128 valence electrons. The fourth-order valence-electron chi connectivity index (χ4n) is 3.08. The van der Waals surface area contributed by atoms with E-state index in [2.05, 4.69) is 39.6 Å². The Bertz CT molecular complexity index is 662. The van der Waals surface area contributed by atoms with Gasteiger partial charge in [0.1, 0.15) is 5.82 Å². The Hall–Kier alpha value is -1.82. The lowest BCUT2D eigenvalue weighted by Crippen LogP contribution is -2.14. The van der Waals surface area contributed by atoms with Crippen LogP contribution in [0.2, 0.25) is 0 Å². The highest BCUT2D eigenvalue weighted by Gasteiger charge is 2.20. The van der Waals surface area contributed by atoms with Gasteiger partial charge < -0.3 is 5.32 Å². The van der Waals surface area contributed by atoms with E-state index in [1.807, 2.05) is 12.1 Å². The van der Waals surface area contributed by atoms with Gasteiger partial charge in [-0.15, -0.1) is 5.10 Å². The topological polar surface area (TPSA) is 70.7 Å². The van der Waals surface area contributed by atoms with E-state index in [1.54, 1.807) is 0 Å². The molecular weight excluding hydrogens is 320 g/mol. The van der Waals surface area contributed by atoms with Crippen LogP contribution in [0, 0.1) is 0 Å². The van der Waals surface area contributed by atoms with Crippen molar-refractivity contribution in [3.63, 3.8) is 0 Å². The highest BCUT2D eigenvalue weighted by atomic mass is 32.2. The van der Waals surface area contributed by atoms with Gasteiger partial charge in [0.15, 0.2) is 0 Å². The van der Waals surface area contributed by atoms with Crippen molar-refractivity contribution in [2.45, 2.75) is 56.5 Å². The van der Waals surface area contributed by atoms with E-state index < -0.39 is 0 Å². The van der Waals surface area contributed by atoms with Crippen LogP contribution in [-0.4, -0.2) is 26.8 Å². The third-order valence-electron chi connectivity index (χ3n) is 4.33. The van der Waals surface area contributed by atoms with Gasteiger partial charge in [0.2, 0.25) is 11.1 Å². The Labute approximate surface area is 147 Å². The van der Waals surface area contributed by atoms with E-state index in [1.165, 1.54) is 43.0 Å². The number of hydrogen-bond donors (Lipinski definition) is 2. The quantitative estimate of drug-likeness (QED) is 0.740. The molecule has 0 saturated heterocycles. The van der Waals surface area contributed by atoms with Gasteiger partial charge in [-0.1, -0.05) is 50.1 Å². The molecule has 0 radical (unpaired) electrons. The van der Waals surface area contributed by atoms with E-state index in [0.717, 1.165) is 24.4 Å². The minimum absolute atomic E-state index is 0.0320. The number of rotatable bonds is 7. The standard InChI is InChI=1S/C18H24N4OS/c1-2-5-13-8-10-15(11-9-13)19-16(23)12-24-18-20-17(21-22-18)14-6-3-4-7-14/h8-11,14H,2-7,12H2,1H3,(H,19,23)(H,20,21,22). The lowest BCUT2D eigenvalue weighted by Gasteiger charge is -2.05. The van der Waals surface area contributed by atoms with Crippen LogP contribution in [0.1, 0.15) is 56.3 Å². The maximum absolute atomic E-state index is 12.1. The molecule has 1 aliphatic carbocycles. The van der Waals surface area contributed by atoms with E-state index in [0.29, 0.717) is 16.8 Å². The molecule has 0 aliphatic heterocycles. The summed E-state index contributed by atoms with van der Waals surface area (Å²) in [6, 6.07) is 8.04. The molecule has 6 heteroatoms. The van der Waals surface area contributed by atoms with Crippen molar-refractivity contribution in [3.8, 4) is 0 Å². The van der Waals surface area contributed by atoms with E-state index >= 15 is 0 Å². The molecule has 1 fully saturated rings. The van der Waals surface area contributed by atoms with Gasteiger partial charge in [0.25, 0.3) is 0 Å². The molecule has 2 aromatic rings. The second kappa shape index (κ2) is 8.33. The molecule has 1 amide bonds. The normalized spacial score (nSPS) is 14.9. The number of carbonyl (C=O) groups is 1. The molecule has 0 bridgehead atoms. The van der Waals surface area contributed by atoms with Gasteiger partial charge in [-0.25, -0.2) is 4.98 Å². The second-order valence-electron chi connectivity index (χ2n) is 6.27. The largest absolute Gasteiger partial charge is 0.325 e. The summed E-state index contributed by atoms with van der Waals surface area (Å²) in [4.78, 5) is 16.6. The number of amides is 1. The Morgan fingerprint density at radius 2 is 2.04 bits per heavy atom. The van der Waals surface area contributed by atoms with E-state index in [4.69, 9.17) is 0 Å². The first kappa shape index (κ1) is 17.0. The number of nitrogens with one attached hydrogen (secondary N) is 2. The minimum atomic E-state index is -0.0320. The van der Waals surface area contributed by atoms with Crippen LogP contribution in [0.25, 0.3) is 0 Å². The predicted octanol–water partition coefficient (Wildman–Crippen LogP) is 4.15. The van der Waals surface area contributed by atoms with Crippen LogP contribution in [0.4, 0.5) is 5.69 Å². The Kier molecular flexibility index (Phi) is 5.91. The highest BCUT2D eigenvalue weighted by molar-refractivity contribution is 7.99. The number of benzene rings is 1. The second-order valence-corrected chi connectivity index (χ2v) is 7.21. The number of anilines is 1. The van der Waals surface area contributed by atoms with Crippen molar-refractivity contribution in [2.75, 3.05) is 11.1 Å². The van der Waals surface area contributed by atoms with Crippen molar-refractivity contribution in [1.82, 2.24) is 15.2 Å². The molecule has 1 heterocycles. The zero-order valence-corrected chi connectivity index (χ0v) is 14.9.